The van der Waals surface area contributed by atoms with Crippen LogP contribution in [0.5, 0.6) is 0 Å². The molecule has 0 saturated carbocycles. The molecule has 1 aliphatic rings. The van der Waals surface area contributed by atoms with Crippen molar-refractivity contribution < 1.29 is 4.42 Å². The van der Waals surface area contributed by atoms with Crippen LogP contribution in [0.1, 0.15) is 0 Å². The molecule has 0 fully saturated rings. The lowest BCUT2D eigenvalue weighted by atomic mass is 9.93. The molecule has 1 nitrogen and oxygen atoms in total. The largest absolute Gasteiger partial charge is 0.456 e. The van der Waals surface area contributed by atoms with Gasteiger partial charge in [0.2, 0.25) is 0 Å². The monoisotopic (exact) mass is 620 g/mol. The Morgan fingerprint density at radius 3 is 1.49 bits per heavy atom. The minimum Gasteiger partial charge on any atom is -0.456 e. The third-order valence-electron chi connectivity index (χ3n) is 10.6. The Bertz CT molecular complexity index is 2990. The zero-order valence-electron chi connectivity index (χ0n) is 26.6. The summed E-state index contributed by atoms with van der Waals surface area (Å²) in [6.07, 6.45) is 0. The molecule has 0 amide bonds. The Morgan fingerprint density at radius 1 is 0.265 bits per heavy atom. The van der Waals surface area contributed by atoms with Crippen LogP contribution in [0, 0.1) is 0 Å². The van der Waals surface area contributed by atoms with Gasteiger partial charge in [-0.3, -0.25) is 0 Å². The van der Waals surface area contributed by atoms with Crippen molar-refractivity contribution in [2.75, 3.05) is 0 Å². The number of furan rings is 1. The molecule has 9 aromatic carbocycles. The van der Waals surface area contributed by atoms with E-state index in [1.54, 1.807) is 0 Å². The van der Waals surface area contributed by atoms with Gasteiger partial charge in [-0.15, -0.1) is 0 Å². The predicted octanol–water partition coefficient (Wildman–Crippen LogP) is 13.7. The van der Waals surface area contributed by atoms with E-state index in [2.05, 4.69) is 170 Å². The minimum atomic E-state index is 0.911. The Hall–Kier alpha value is -6.44. The maximum absolute atomic E-state index is 6.35. The molecule has 10 aromatic rings. The highest BCUT2D eigenvalue weighted by Gasteiger charge is 2.23. The fourth-order valence-electron chi connectivity index (χ4n) is 8.15. The molecule has 1 heterocycles. The summed E-state index contributed by atoms with van der Waals surface area (Å²) < 4.78 is 6.35. The van der Waals surface area contributed by atoms with Crippen LogP contribution in [0.3, 0.4) is 0 Å². The summed E-state index contributed by atoms with van der Waals surface area (Å²) in [6.45, 7) is 0. The van der Waals surface area contributed by atoms with E-state index in [0.717, 1.165) is 21.9 Å². The Labute approximate surface area is 283 Å². The summed E-state index contributed by atoms with van der Waals surface area (Å²) in [5.41, 5.74) is 14.4. The summed E-state index contributed by atoms with van der Waals surface area (Å²) in [7, 11) is 0. The van der Waals surface area contributed by atoms with Gasteiger partial charge < -0.3 is 4.42 Å². The third kappa shape index (κ3) is 4.00. The zero-order chi connectivity index (χ0) is 32.1. The molecule has 226 valence electrons. The number of fused-ring (bicyclic) bond motifs is 8. The Balaban J connectivity index is 1.03. The second-order valence-corrected chi connectivity index (χ2v) is 13.3. The van der Waals surface area contributed by atoms with Crippen molar-refractivity contribution in [1.82, 2.24) is 0 Å². The predicted molar refractivity (Wildman–Crippen MR) is 207 cm³/mol. The van der Waals surface area contributed by atoms with E-state index in [4.69, 9.17) is 4.42 Å². The van der Waals surface area contributed by atoms with Gasteiger partial charge in [0.25, 0.3) is 0 Å². The fraction of sp³-hybridized carbons (Fsp3) is 0. The molecule has 1 aliphatic carbocycles. The standard InChI is InChI=1S/C48H28O/c1-3-8-31-24-33(14-12-29(31)6-1)35-16-19-39-41-11-5-10-40-38(20-21-42(48(40)41)43(39)26-35)37-18-23-47-45(28-37)44-27-36(17-22-46(44)49-47)34-15-13-30-7-2-4-9-32(30)25-34/h1-28H. The van der Waals surface area contributed by atoms with Crippen LogP contribution >= 0.6 is 0 Å². The molecule has 0 unspecified atom stereocenters. The number of hydrogen-bond donors (Lipinski definition) is 0. The molecule has 0 atom stereocenters. The summed E-state index contributed by atoms with van der Waals surface area (Å²) in [4.78, 5) is 0. The molecule has 0 spiro atoms. The lowest BCUT2D eigenvalue weighted by Gasteiger charge is -2.10. The molecule has 1 aromatic heterocycles. The van der Waals surface area contributed by atoms with E-state index in [0.29, 0.717) is 0 Å². The molecule has 1 heteroatoms. The first-order valence-corrected chi connectivity index (χ1v) is 16.9. The van der Waals surface area contributed by atoms with Crippen molar-refractivity contribution in [3.63, 3.8) is 0 Å². The molecule has 0 aliphatic heterocycles. The van der Waals surface area contributed by atoms with Crippen LogP contribution in [-0.2, 0) is 0 Å². The van der Waals surface area contributed by atoms with Gasteiger partial charge in [-0.25, -0.2) is 0 Å². The first-order chi connectivity index (χ1) is 24.2. The van der Waals surface area contributed by atoms with Gasteiger partial charge in [-0.05, 0) is 130 Å². The Kier molecular flexibility index (Phi) is 5.45. The highest BCUT2D eigenvalue weighted by atomic mass is 16.3. The number of benzene rings is 9. The van der Waals surface area contributed by atoms with E-state index in [9.17, 15) is 0 Å². The van der Waals surface area contributed by atoms with Gasteiger partial charge in [0.05, 0.1) is 0 Å². The van der Waals surface area contributed by atoms with E-state index in [1.165, 1.54) is 88.0 Å². The summed E-state index contributed by atoms with van der Waals surface area (Å²) in [5, 5.41) is 9.93. The van der Waals surface area contributed by atoms with Crippen molar-refractivity contribution >= 4 is 54.3 Å². The normalized spacial score (nSPS) is 12.1. The molecule has 0 radical (unpaired) electrons. The molecule has 0 N–H and O–H groups in total. The maximum atomic E-state index is 6.35. The van der Waals surface area contributed by atoms with Gasteiger partial charge in [0.15, 0.2) is 0 Å². The van der Waals surface area contributed by atoms with Gasteiger partial charge in [-0.2, -0.15) is 0 Å². The van der Waals surface area contributed by atoms with Crippen LogP contribution < -0.4 is 0 Å². The molecule has 0 saturated heterocycles. The first-order valence-electron chi connectivity index (χ1n) is 16.9. The fourth-order valence-corrected chi connectivity index (χ4v) is 8.15. The second kappa shape index (κ2) is 10.0. The van der Waals surface area contributed by atoms with Gasteiger partial charge in [0.1, 0.15) is 11.2 Å². The first kappa shape index (κ1) is 26.6. The van der Waals surface area contributed by atoms with Gasteiger partial charge in [-0.1, -0.05) is 127 Å². The summed E-state index contributed by atoms with van der Waals surface area (Å²) >= 11 is 0. The lowest BCUT2D eigenvalue weighted by Crippen LogP contribution is -1.84. The van der Waals surface area contributed by atoms with Gasteiger partial charge >= 0.3 is 0 Å². The molecular formula is C48H28O. The minimum absolute atomic E-state index is 0.911. The molecule has 49 heavy (non-hydrogen) atoms. The van der Waals surface area contributed by atoms with Crippen LogP contribution in [-0.4, -0.2) is 0 Å². The number of rotatable bonds is 3. The maximum Gasteiger partial charge on any atom is 0.135 e. The van der Waals surface area contributed by atoms with Crippen molar-refractivity contribution in [2.45, 2.75) is 0 Å². The van der Waals surface area contributed by atoms with Crippen LogP contribution in [0.4, 0.5) is 0 Å². The lowest BCUT2D eigenvalue weighted by molar-refractivity contribution is 0.669. The van der Waals surface area contributed by atoms with Crippen LogP contribution in [0.2, 0.25) is 0 Å². The van der Waals surface area contributed by atoms with E-state index in [-0.39, 0.29) is 0 Å². The van der Waals surface area contributed by atoms with E-state index >= 15 is 0 Å². The SMILES string of the molecule is c1ccc2cc(-c3ccc4c(c3)-c3ccc(-c5ccc6oc7ccc(-c8ccc9ccccc9c8)cc7c6c5)c5cccc-4c35)ccc2c1. The topological polar surface area (TPSA) is 13.1 Å². The van der Waals surface area contributed by atoms with E-state index < -0.39 is 0 Å². The van der Waals surface area contributed by atoms with Crippen molar-refractivity contribution in [3.8, 4) is 55.6 Å². The van der Waals surface area contributed by atoms with Crippen molar-refractivity contribution in [3.05, 3.63) is 170 Å². The highest BCUT2D eigenvalue weighted by molar-refractivity contribution is 6.19. The molecular weight excluding hydrogens is 593 g/mol. The van der Waals surface area contributed by atoms with Gasteiger partial charge in [0, 0.05) is 10.8 Å². The highest BCUT2D eigenvalue weighted by Crippen LogP contribution is 2.50. The van der Waals surface area contributed by atoms with Crippen LogP contribution in [0.15, 0.2) is 174 Å². The average molecular weight is 621 g/mol. The van der Waals surface area contributed by atoms with E-state index in [1.807, 2.05) is 0 Å². The number of hydrogen-bond acceptors (Lipinski definition) is 1. The summed E-state index contributed by atoms with van der Waals surface area (Å²) in [6, 6.07) is 62.2. The van der Waals surface area contributed by atoms with Crippen molar-refractivity contribution in [2.24, 2.45) is 0 Å². The van der Waals surface area contributed by atoms with Crippen molar-refractivity contribution in [1.29, 1.82) is 0 Å². The Morgan fingerprint density at radius 2 is 0.776 bits per heavy atom. The summed E-state index contributed by atoms with van der Waals surface area (Å²) in [5.74, 6) is 0. The second-order valence-electron chi connectivity index (χ2n) is 13.3. The molecule has 11 rings (SSSR count). The third-order valence-corrected chi connectivity index (χ3v) is 10.6. The molecule has 0 bridgehead atoms. The average Bonchev–Trinajstić information content (AvgIpc) is 3.70. The smallest absolute Gasteiger partial charge is 0.135 e. The quantitative estimate of drug-likeness (QED) is 0.192. The van der Waals surface area contributed by atoms with Crippen LogP contribution in [0.25, 0.3) is 110 Å². The zero-order valence-corrected chi connectivity index (χ0v) is 26.6.